The minimum atomic E-state index is -0.126. The van der Waals surface area contributed by atoms with Gasteiger partial charge in [-0.15, -0.1) is 0 Å². The van der Waals surface area contributed by atoms with Crippen LogP contribution in [0.5, 0.6) is 0 Å². The maximum atomic E-state index is 14.6. The van der Waals surface area contributed by atoms with Crippen molar-refractivity contribution in [2.45, 2.75) is 0 Å². The van der Waals surface area contributed by atoms with E-state index in [0.717, 1.165) is 21.5 Å². The molecule has 0 N–H and O–H groups in total. The lowest BCUT2D eigenvalue weighted by atomic mass is 9.98. The molecule has 0 aliphatic rings. The SMILES string of the molecule is Fc1c2ccccc2cc2c1ccc1ccccc12. The molecule has 0 nitrogen and oxygen atoms in total. The average Bonchev–Trinajstić information content (AvgIpc) is 2.47. The highest BCUT2D eigenvalue weighted by atomic mass is 19.1. The highest BCUT2D eigenvalue weighted by Gasteiger charge is 2.08. The molecule has 0 bridgehead atoms. The van der Waals surface area contributed by atoms with E-state index in [1.165, 1.54) is 0 Å². The third kappa shape index (κ3) is 1.45. The van der Waals surface area contributed by atoms with Crippen LogP contribution in [0, 0.1) is 5.82 Å². The van der Waals surface area contributed by atoms with Gasteiger partial charge in [0.25, 0.3) is 0 Å². The standard InChI is InChI=1S/C18H11F/c19-18-15-8-4-2-6-13(15)11-17-14-7-3-1-5-12(14)9-10-16(17)18/h1-11H. The van der Waals surface area contributed by atoms with Crippen LogP contribution in [0.15, 0.2) is 66.7 Å². The van der Waals surface area contributed by atoms with Crippen LogP contribution in [0.2, 0.25) is 0 Å². The normalized spacial score (nSPS) is 11.4. The Morgan fingerprint density at radius 1 is 0.526 bits per heavy atom. The molecule has 19 heavy (non-hydrogen) atoms. The van der Waals surface area contributed by atoms with Gasteiger partial charge in [-0.3, -0.25) is 0 Å². The highest BCUT2D eigenvalue weighted by molar-refractivity contribution is 6.12. The quantitative estimate of drug-likeness (QED) is 0.292. The first kappa shape index (κ1) is 10.5. The lowest BCUT2D eigenvalue weighted by Gasteiger charge is -2.08. The molecule has 0 saturated carbocycles. The van der Waals surface area contributed by atoms with Crippen LogP contribution in [0.3, 0.4) is 0 Å². The van der Waals surface area contributed by atoms with Gasteiger partial charge in [0.2, 0.25) is 0 Å². The van der Waals surface area contributed by atoms with E-state index in [9.17, 15) is 4.39 Å². The van der Waals surface area contributed by atoms with Gasteiger partial charge in [-0.25, -0.2) is 4.39 Å². The molecule has 0 heterocycles. The maximum Gasteiger partial charge on any atom is 0.138 e. The highest BCUT2D eigenvalue weighted by Crippen LogP contribution is 2.31. The van der Waals surface area contributed by atoms with Gasteiger partial charge in [-0.1, -0.05) is 60.7 Å². The zero-order chi connectivity index (χ0) is 12.8. The van der Waals surface area contributed by atoms with E-state index in [4.69, 9.17) is 0 Å². The van der Waals surface area contributed by atoms with E-state index < -0.39 is 0 Å². The molecule has 0 aliphatic heterocycles. The number of halogens is 1. The van der Waals surface area contributed by atoms with Crippen molar-refractivity contribution < 1.29 is 4.39 Å². The largest absolute Gasteiger partial charge is 0.206 e. The van der Waals surface area contributed by atoms with Crippen LogP contribution >= 0.6 is 0 Å². The zero-order valence-electron chi connectivity index (χ0n) is 10.2. The van der Waals surface area contributed by atoms with E-state index in [1.807, 2.05) is 54.6 Å². The van der Waals surface area contributed by atoms with Gasteiger partial charge in [0, 0.05) is 10.8 Å². The number of hydrogen-bond donors (Lipinski definition) is 0. The summed E-state index contributed by atoms with van der Waals surface area (Å²) in [6, 6.07) is 21.6. The Balaban J connectivity index is 2.32. The Bertz CT molecular complexity index is 922. The summed E-state index contributed by atoms with van der Waals surface area (Å²) in [4.78, 5) is 0. The number of rotatable bonds is 0. The van der Waals surface area contributed by atoms with Gasteiger partial charge < -0.3 is 0 Å². The van der Waals surface area contributed by atoms with E-state index in [2.05, 4.69) is 12.1 Å². The first-order valence-corrected chi connectivity index (χ1v) is 6.33. The van der Waals surface area contributed by atoms with Crippen LogP contribution in [-0.4, -0.2) is 0 Å². The third-order valence-corrected chi connectivity index (χ3v) is 3.70. The van der Waals surface area contributed by atoms with Crippen molar-refractivity contribution in [3.63, 3.8) is 0 Å². The molecule has 0 spiro atoms. The first-order valence-electron chi connectivity index (χ1n) is 6.33. The molecule has 4 aromatic rings. The van der Waals surface area contributed by atoms with Crippen molar-refractivity contribution in [1.82, 2.24) is 0 Å². The van der Waals surface area contributed by atoms with Crippen molar-refractivity contribution >= 4 is 32.3 Å². The Morgan fingerprint density at radius 3 is 2.05 bits per heavy atom. The summed E-state index contributed by atoms with van der Waals surface area (Å²) >= 11 is 0. The lowest BCUT2D eigenvalue weighted by Crippen LogP contribution is -1.85. The summed E-state index contributed by atoms with van der Waals surface area (Å²) in [6.07, 6.45) is 0. The molecule has 4 rings (SSSR count). The molecular weight excluding hydrogens is 235 g/mol. The Labute approximate surface area is 110 Å². The van der Waals surface area contributed by atoms with Crippen molar-refractivity contribution in [1.29, 1.82) is 0 Å². The van der Waals surface area contributed by atoms with Crippen LogP contribution in [0.1, 0.15) is 0 Å². The van der Waals surface area contributed by atoms with Crippen LogP contribution in [0.4, 0.5) is 4.39 Å². The van der Waals surface area contributed by atoms with Crippen molar-refractivity contribution in [3.8, 4) is 0 Å². The molecule has 90 valence electrons. The van der Waals surface area contributed by atoms with Crippen LogP contribution in [-0.2, 0) is 0 Å². The Morgan fingerprint density at radius 2 is 1.21 bits per heavy atom. The molecule has 0 unspecified atom stereocenters. The molecular formula is C18H11F. The summed E-state index contributed by atoms with van der Waals surface area (Å²) in [5.41, 5.74) is 0. The first-order chi connectivity index (χ1) is 9.34. The number of fused-ring (bicyclic) bond motifs is 4. The van der Waals surface area contributed by atoms with Gasteiger partial charge in [-0.2, -0.15) is 0 Å². The van der Waals surface area contributed by atoms with Gasteiger partial charge in [0.05, 0.1) is 0 Å². The molecule has 4 aromatic carbocycles. The summed E-state index contributed by atoms with van der Waals surface area (Å²) < 4.78 is 14.6. The van der Waals surface area contributed by atoms with Crippen molar-refractivity contribution in [3.05, 3.63) is 72.5 Å². The minimum absolute atomic E-state index is 0.126. The molecule has 0 amide bonds. The molecule has 0 aromatic heterocycles. The third-order valence-electron chi connectivity index (χ3n) is 3.70. The lowest BCUT2D eigenvalue weighted by molar-refractivity contribution is 0.651. The van der Waals surface area contributed by atoms with Gasteiger partial charge >= 0.3 is 0 Å². The van der Waals surface area contributed by atoms with E-state index >= 15 is 0 Å². The predicted molar refractivity (Wildman–Crippen MR) is 78.9 cm³/mol. The van der Waals surface area contributed by atoms with Gasteiger partial charge in [0.1, 0.15) is 5.82 Å². The van der Waals surface area contributed by atoms with E-state index in [-0.39, 0.29) is 5.82 Å². The molecule has 1 heteroatoms. The van der Waals surface area contributed by atoms with Gasteiger partial charge in [0.15, 0.2) is 0 Å². The summed E-state index contributed by atoms with van der Waals surface area (Å²) in [6.45, 7) is 0. The Hall–Kier alpha value is -2.41. The number of hydrogen-bond acceptors (Lipinski definition) is 0. The van der Waals surface area contributed by atoms with Crippen molar-refractivity contribution in [2.24, 2.45) is 0 Å². The fourth-order valence-electron chi connectivity index (χ4n) is 2.77. The van der Waals surface area contributed by atoms with E-state index in [0.29, 0.717) is 10.8 Å². The maximum absolute atomic E-state index is 14.6. The fraction of sp³-hybridized carbons (Fsp3) is 0. The molecule has 0 aliphatic carbocycles. The topological polar surface area (TPSA) is 0 Å². The second-order valence-electron chi connectivity index (χ2n) is 4.79. The fourth-order valence-corrected chi connectivity index (χ4v) is 2.77. The zero-order valence-corrected chi connectivity index (χ0v) is 10.2. The van der Waals surface area contributed by atoms with Crippen LogP contribution < -0.4 is 0 Å². The smallest absolute Gasteiger partial charge is 0.138 e. The average molecular weight is 246 g/mol. The van der Waals surface area contributed by atoms with Crippen molar-refractivity contribution in [2.75, 3.05) is 0 Å². The second kappa shape index (κ2) is 3.79. The molecule has 0 saturated heterocycles. The summed E-state index contributed by atoms with van der Waals surface area (Å²) in [5.74, 6) is -0.126. The number of benzene rings is 4. The Kier molecular flexibility index (Phi) is 2.10. The molecule has 0 atom stereocenters. The summed E-state index contributed by atoms with van der Waals surface area (Å²) in [7, 11) is 0. The van der Waals surface area contributed by atoms with E-state index in [1.54, 1.807) is 0 Å². The van der Waals surface area contributed by atoms with Crippen LogP contribution in [0.25, 0.3) is 32.3 Å². The summed E-state index contributed by atoms with van der Waals surface area (Å²) in [5, 5.41) is 5.55. The predicted octanol–water partition coefficient (Wildman–Crippen LogP) is 5.29. The monoisotopic (exact) mass is 246 g/mol. The second-order valence-corrected chi connectivity index (χ2v) is 4.79. The molecule has 0 fully saturated rings. The molecule has 0 radical (unpaired) electrons. The minimum Gasteiger partial charge on any atom is -0.206 e. The van der Waals surface area contributed by atoms with Gasteiger partial charge in [-0.05, 0) is 27.6 Å².